The van der Waals surface area contributed by atoms with Gasteiger partial charge < -0.3 is 9.31 Å². The average Bonchev–Trinajstić information content (AvgIpc) is 2.21. The Hall–Kier alpha value is 0.0749. The Morgan fingerprint density at radius 1 is 1.14 bits per heavy atom. The van der Waals surface area contributed by atoms with Gasteiger partial charge >= 0.3 is 7.12 Å². The van der Waals surface area contributed by atoms with Gasteiger partial charge in [-0.1, -0.05) is 12.1 Å². The van der Waals surface area contributed by atoms with Crippen LogP contribution in [0.2, 0.25) is 0 Å². The van der Waals surface area contributed by atoms with E-state index in [9.17, 15) is 0 Å². The van der Waals surface area contributed by atoms with Gasteiger partial charge in [-0.25, -0.2) is 0 Å². The molecule has 1 aliphatic heterocycles. The molecule has 0 bridgehead atoms. The minimum absolute atomic E-state index is 0.188. The molecule has 2 nitrogen and oxygen atoms in total. The summed E-state index contributed by atoms with van der Waals surface area (Å²) >= 11 is 1.79. The average molecular weight is 214 g/mol. The highest BCUT2D eigenvalue weighted by molar-refractivity contribution is 7.98. The van der Waals surface area contributed by atoms with Crippen molar-refractivity contribution in [3.63, 3.8) is 0 Å². The summed E-state index contributed by atoms with van der Waals surface area (Å²) in [6, 6.07) is 0. The lowest BCUT2D eigenvalue weighted by atomic mass is 9.90. The van der Waals surface area contributed by atoms with Crippen LogP contribution in [0.15, 0.2) is 12.1 Å². The van der Waals surface area contributed by atoms with Gasteiger partial charge in [-0.15, -0.1) is 0 Å². The summed E-state index contributed by atoms with van der Waals surface area (Å²) in [6.07, 6.45) is 4.17. The normalized spacial score (nSPS) is 24.8. The molecule has 0 aromatic heterocycles. The standard InChI is InChI=1S/C10H19BO2S/c1-9(2)10(3,4)13-11(12-9)7-6-8-14-5/h6-7H,8H2,1-5H3. The summed E-state index contributed by atoms with van der Waals surface area (Å²) < 4.78 is 11.6. The van der Waals surface area contributed by atoms with E-state index < -0.39 is 0 Å². The number of hydrogen-bond donors (Lipinski definition) is 0. The molecule has 0 aromatic carbocycles. The lowest BCUT2D eigenvalue weighted by Gasteiger charge is -2.32. The molecular formula is C10H19BO2S. The highest BCUT2D eigenvalue weighted by Crippen LogP contribution is 2.36. The Balaban J connectivity index is 2.55. The molecule has 0 aliphatic carbocycles. The number of rotatable bonds is 3. The van der Waals surface area contributed by atoms with E-state index in [1.54, 1.807) is 11.8 Å². The van der Waals surface area contributed by atoms with E-state index in [0.717, 1.165) is 5.75 Å². The lowest BCUT2D eigenvalue weighted by Crippen LogP contribution is -2.41. The molecule has 4 heteroatoms. The molecule has 1 rings (SSSR count). The van der Waals surface area contributed by atoms with Crippen molar-refractivity contribution in [1.29, 1.82) is 0 Å². The maximum Gasteiger partial charge on any atom is 0.486 e. The summed E-state index contributed by atoms with van der Waals surface area (Å²) in [5.74, 6) is 3.00. The Kier molecular flexibility index (Phi) is 3.72. The third-order valence-corrected chi connectivity index (χ3v) is 3.35. The molecule has 0 atom stereocenters. The Labute approximate surface area is 91.6 Å². The highest BCUT2D eigenvalue weighted by Gasteiger charge is 2.49. The molecular weight excluding hydrogens is 195 g/mol. The van der Waals surface area contributed by atoms with Crippen LogP contribution in [0.1, 0.15) is 27.7 Å². The third kappa shape index (κ3) is 2.56. The minimum atomic E-state index is -0.221. The van der Waals surface area contributed by atoms with Gasteiger partial charge in [0.05, 0.1) is 11.2 Å². The molecule has 80 valence electrons. The van der Waals surface area contributed by atoms with Crippen LogP contribution in [0.3, 0.4) is 0 Å². The van der Waals surface area contributed by atoms with Gasteiger partial charge in [0.15, 0.2) is 0 Å². The van der Waals surface area contributed by atoms with Crippen LogP contribution in [-0.2, 0) is 9.31 Å². The van der Waals surface area contributed by atoms with E-state index in [1.165, 1.54) is 0 Å². The first kappa shape index (κ1) is 12.1. The zero-order chi connectivity index (χ0) is 10.8. The quantitative estimate of drug-likeness (QED) is 0.672. The summed E-state index contributed by atoms with van der Waals surface area (Å²) in [7, 11) is -0.188. The molecule has 0 unspecified atom stereocenters. The van der Waals surface area contributed by atoms with Gasteiger partial charge in [-0.05, 0) is 34.0 Å². The zero-order valence-corrected chi connectivity index (χ0v) is 10.5. The van der Waals surface area contributed by atoms with E-state index >= 15 is 0 Å². The summed E-state index contributed by atoms with van der Waals surface area (Å²) in [5, 5.41) is 0. The van der Waals surface area contributed by atoms with Gasteiger partial charge in [0.1, 0.15) is 0 Å². The molecule has 0 aromatic rings. The molecule has 1 fully saturated rings. The maximum atomic E-state index is 5.79. The topological polar surface area (TPSA) is 18.5 Å². The van der Waals surface area contributed by atoms with Crippen molar-refractivity contribution in [3.8, 4) is 0 Å². The molecule has 0 radical (unpaired) electrons. The van der Waals surface area contributed by atoms with E-state index in [4.69, 9.17) is 9.31 Å². The van der Waals surface area contributed by atoms with E-state index in [2.05, 4.69) is 40.0 Å². The maximum absolute atomic E-state index is 5.79. The SMILES string of the molecule is CSCC=CB1OC(C)(C)C(C)(C)O1. The lowest BCUT2D eigenvalue weighted by molar-refractivity contribution is 0.00578. The van der Waals surface area contributed by atoms with E-state index in [-0.39, 0.29) is 18.3 Å². The molecule has 1 aliphatic rings. The third-order valence-electron chi connectivity index (χ3n) is 2.83. The first-order valence-corrected chi connectivity index (χ1v) is 6.30. The molecule has 1 heterocycles. The van der Waals surface area contributed by atoms with Gasteiger partial charge in [-0.3, -0.25) is 0 Å². The highest BCUT2D eigenvalue weighted by atomic mass is 32.2. The second-order valence-corrected chi connectivity index (χ2v) is 5.42. The molecule has 1 saturated heterocycles. The molecule has 0 amide bonds. The Morgan fingerprint density at radius 2 is 1.64 bits per heavy atom. The fraction of sp³-hybridized carbons (Fsp3) is 0.800. The fourth-order valence-electron chi connectivity index (χ4n) is 1.23. The summed E-state index contributed by atoms with van der Waals surface area (Å²) in [4.78, 5) is 0. The first-order valence-electron chi connectivity index (χ1n) is 4.90. The van der Waals surface area contributed by atoms with Crippen LogP contribution in [0.5, 0.6) is 0 Å². The minimum Gasteiger partial charge on any atom is -0.400 e. The molecule has 0 spiro atoms. The first-order chi connectivity index (χ1) is 6.39. The Morgan fingerprint density at radius 3 is 2.07 bits per heavy atom. The molecule has 0 N–H and O–H groups in total. The monoisotopic (exact) mass is 214 g/mol. The van der Waals surface area contributed by atoms with Crippen LogP contribution in [-0.4, -0.2) is 30.3 Å². The van der Waals surface area contributed by atoms with Crippen molar-refractivity contribution >= 4 is 18.9 Å². The molecule has 0 saturated carbocycles. The van der Waals surface area contributed by atoms with Crippen LogP contribution in [0.4, 0.5) is 0 Å². The Bertz CT molecular complexity index is 210. The predicted molar refractivity (Wildman–Crippen MR) is 63.6 cm³/mol. The van der Waals surface area contributed by atoms with Crippen molar-refractivity contribution in [1.82, 2.24) is 0 Å². The largest absolute Gasteiger partial charge is 0.486 e. The summed E-state index contributed by atoms with van der Waals surface area (Å²) in [6.45, 7) is 8.26. The number of thioether (sulfide) groups is 1. The van der Waals surface area contributed by atoms with Gasteiger partial charge in [0, 0.05) is 5.75 Å². The second-order valence-electron chi connectivity index (χ2n) is 4.51. The van der Waals surface area contributed by atoms with Crippen LogP contribution in [0.25, 0.3) is 0 Å². The van der Waals surface area contributed by atoms with Gasteiger partial charge in [0.2, 0.25) is 0 Å². The molecule has 14 heavy (non-hydrogen) atoms. The van der Waals surface area contributed by atoms with Crippen LogP contribution >= 0.6 is 11.8 Å². The smallest absolute Gasteiger partial charge is 0.400 e. The van der Waals surface area contributed by atoms with Crippen molar-refractivity contribution in [3.05, 3.63) is 12.1 Å². The summed E-state index contributed by atoms with van der Waals surface area (Å²) in [5.41, 5.74) is -0.442. The number of hydrogen-bond acceptors (Lipinski definition) is 3. The second kappa shape index (κ2) is 4.29. The van der Waals surface area contributed by atoms with Gasteiger partial charge in [-0.2, -0.15) is 11.8 Å². The fourth-order valence-corrected chi connectivity index (χ4v) is 1.53. The van der Waals surface area contributed by atoms with Crippen molar-refractivity contribution in [2.45, 2.75) is 38.9 Å². The van der Waals surface area contributed by atoms with E-state index in [1.807, 2.05) is 5.98 Å². The predicted octanol–water partition coefficient (Wildman–Crippen LogP) is 2.54. The van der Waals surface area contributed by atoms with Crippen molar-refractivity contribution < 1.29 is 9.31 Å². The van der Waals surface area contributed by atoms with Crippen LogP contribution in [0, 0.1) is 0 Å². The van der Waals surface area contributed by atoms with Crippen molar-refractivity contribution in [2.24, 2.45) is 0 Å². The van der Waals surface area contributed by atoms with Crippen LogP contribution < -0.4 is 0 Å². The zero-order valence-electron chi connectivity index (χ0n) is 9.66. The van der Waals surface area contributed by atoms with Gasteiger partial charge in [0.25, 0.3) is 0 Å². The van der Waals surface area contributed by atoms with E-state index in [0.29, 0.717) is 0 Å². The van der Waals surface area contributed by atoms with Crippen molar-refractivity contribution in [2.75, 3.05) is 12.0 Å².